The van der Waals surface area contributed by atoms with Gasteiger partial charge in [0.2, 0.25) is 10.0 Å². The van der Waals surface area contributed by atoms with Gasteiger partial charge in [-0.25, -0.2) is 12.7 Å². The molecule has 0 saturated carbocycles. The molecule has 110 valence electrons. The van der Waals surface area contributed by atoms with Crippen molar-refractivity contribution in [1.82, 2.24) is 9.62 Å². The number of hydrogen-bond donors (Lipinski definition) is 2. The van der Waals surface area contributed by atoms with Crippen LogP contribution in [0.4, 0.5) is 0 Å². The second-order valence-electron chi connectivity index (χ2n) is 4.34. The SMILES string of the molecule is CCN(CCCNCC(O)c1ccco1)S(C)(=O)=O. The Balaban J connectivity index is 2.18. The lowest BCUT2D eigenvalue weighted by Gasteiger charge is -2.17. The van der Waals surface area contributed by atoms with Gasteiger partial charge in [-0.15, -0.1) is 0 Å². The molecule has 0 spiro atoms. The number of nitrogens with zero attached hydrogens (tertiary/aromatic N) is 1. The predicted molar refractivity (Wildman–Crippen MR) is 73.2 cm³/mol. The highest BCUT2D eigenvalue weighted by molar-refractivity contribution is 7.88. The predicted octanol–water partition coefficient (Wildman–Crippen LogP) is 0.574. The zero-order chi connectivity index (χ0) is 14.3. The van der Waals surface area contributed by atoms with Crippen molar-refractivity contribution >= 4 is 10.0 Å². The fourth-order valence-electron chi connectivity index (χ4n) is 1.76. The number of nitrogens with one attached hydrogen (secondary N) is 1. The number of aliphatic hydroxyl groups excluding tert-OH is 1. The van der Waals surface area contributed by atoms with E-state index in [0.29, 0.717) is 38.4 Å². The second-order valence-corrected chi connectivity index (χ2v) is 6.33. The van der Waals surface area contributed by atoms with Crippen molar-refractivity contribution in [3.05, 3.63) is 24.2 Å². The Morgan fingerprint density at radius 3 is 2.79 bits per heavy atom. The maximum absolute atomic E-state index is 11.3. The molecule has 1 unspecified atom stereocenters. The normalized spacial score (nSPS) is 13.9. The molecule has 2 N–H and O–H groups in total. The molecule has 19 heavy (non-hydrogen) atoms. The van der Waals surface area contributed by atoms with Gasteiger partial charge in [-0.2, -0.15) is 0 Å². The molecule has 0 aliphatic rings. The lowest BCUT2D eigenvalue weighted by atomic mass is 10.2. The Kier molecular flexibility index (Phi) is 6.50. The quantitative estimate of drug-likeness (QED) is 0.650. The summed E-state index contributed by atoms with van der Waals surface area (Å²) in [4.78, 5) is 0. The van der Waals surface area contributed by atoms with E-state index in [4.69, 9.17) is 4.42 Å². The van der Waals surface area contributed by atoms with E-state index in [9.17, 15) is 13.5 Å². The summed E-state index contributed by atoms with van der Waals surface area (Å²) in [5.74, 6) is 0.527. The maximum atomic E-state index is 11.3. The molecule has 0 fully saturated rings. The van der Waals surface area contributed by atoms with Crippen LogP contribution in [0.3, 0.4) is 0 Å². The second kappa shape index (κ2) is 7.64. The summed E-state index contributed by atoms with van der Waals surface area (Å²) in [6.45, 7) is 3.81. The summed E-state index contributed by atoms with van der Waals surface area (Å²) in [5, 5.41) is 12.8. The van der Waals surface area contributed by atoms with E-state index in [1.807, 2.05) is 6.92 Å². The Morgan fingerprint density at radius 1 is 1.53 bits per heavy atom. The summed E-state index contributed by atoms with van der Waals surface area (Å²) in [6, 6.07) is 3.44. The smallest absolute Gasteiger partial charge is 0.211 e. The first-order valence-corrected chi connectivity index (χ1v) is 8.17. The molecule has 0 bridgehead atoms. The highest BCUT2D eigenvalue weighted by atomic mass is 32.2. The van der Waals surface area contributed by atoms with Gasteiger partial charge in [-0.05, 0) is 25.1 Å². The number of hydrogen-bond acceptors (Lipinski definition) is 5. The zero-order valence-electron chi connectivity index (χ0n) is 11.4. The molecular weight excluding hydrogens is 268 g/mol. The number of sulfonamides is 1. The van der Waals surface area contributed by atoms with Crippen LogP contribution in [-0.4, -0.2) is 50.3 Å². The van der Waals surface area contributed by atoms with Gasteiger partial charge in [0.1, 0.15) is 11.9 Å². The van der Waals surface area contributed by atoms with Gasteiger partial charge in [0.05, 0.1) is 12.5 Å². The lowest BCUT2D eigenvalue weighted by Crippen LogP contribution is -2.33. The van der Waals surface area contributed by atoms with Crippen LogP contribution in [0.2, 0.25) is 0 Å². The van der Waals surface area contributed by atoms with E-state index in [1.54, 1.807) is 12.1 Å². The first-order valence-electron chi connectivity index (χ1n) is 6.32. The monoisotopic (exact) mass is 290 g/mol. The molecule has 0 aliphatic carbocycles. The molecule has 0 saturated heterocycles. The molecule has 1 heterocycles. The van der Waals surface area contributed by atoms with Crippen LogP contribution in [0.1, 0.15) is 25.2 Å². The van der Waals surface area contributed by atoms with Crippen molar-refractivity contribution in [2.45, 2.75) is 19.4 Å². The summed E-state index contributed by atoms with van der Waals surface area (Å²) in [7, 11) is -3.11. The van der Waals surface area contributed by atoms with E-state index < -0.39 is 16.1 Å². The average Bonchev–Trinajstić information content (AvgIpc) is 2.85. The molecule has 0 amide bonds. The largest absolute Gasteiger partial charge is 0.467 e. The summed E-state index contributed by atoms with van der Waals surface area (Å²) < 4.78 is 29.2. The van der Waals surface area contributed by atoms with Crippen molar-refractivity contribution < 1.29 is 17.9 Å². The standard InChI is InChI=1S/C12H22N2O4S/c1-3-14(19(2,16)17)8-5-7-13-10-11(15)12-6-4-9-18-12/h4,6,9,11,13,15H,3,5,7-8,10H2,1-2H3. The van der Waals surface area contributed by atoms with Crippen molar-refractivity contribution in [2.75, 3.05) is 32.4 Å². The molecule has 1 aromatic rings. The molecule has 0 radical (unpaired) electrons. The number of rotatable bonds is 9. The topological polar surface area (TPSA) is 82.8 Å². The maximum Gasteiger partial charge on any atom is 0.211 e. The Morgan fingerprint density at radius 2 is 2.26 bits per heavy atom. The van der Waals surface area contributed by atoms with Crippen LogP contribution in [0.5, 0.6) is 0 Å². The van der Waals surface area contributed by atoms with E-state index in [-0.39, 0.29) is 0 Å². The van der Waals surface area contributed by atoms with Crippen LogP contribution >= 0.6 is 0 Å². The fraction of sp³-hybridized carbons (Fsp3) is 0.667. The van der Waals surface area contributed by atoms with Crippen LogP contribution in [-0.2, 0) is 10.0 Å². The van der Waals surface area contributed by atoms with Gasteiger partial charge in [0, 0.05) is 19.6 Å². The molecular formula is C12H22N2O4S. The van der Waals surface area contributed by atoms with Gasteiger partial charge in [-0.1, -0.05) is 6.92 Å². The minimum Gasteiger partial charge on any atom is -0.467 e. The van der Waals surface area contributed by atoms with E-state index in [1.165, 1.54) is 16.8 Å². The summed E-state index contributed by atoms with van der Waals surface area (Å²) >= 11 is 0. The van der Waals surface area contributed by atoms with Crippen molar-refractivity contribution in [3.63, 3.8) is 0 Å². The molecule has 1 atom stereocenters. The molecule has 1 rings (SSSR count). The first-order chi connectivity index (χ1) is 8.95. The van der Waals surface area contributed by atoms with Gasteiger partial charge in [0.25, 0.3) is 0 Å². The van der Waals surface area contributed by atoms with Crippen LogP contribution < -0.4 is 5.32 Å². The third kappa shape index (κ3) is 5.73. The summed E-state index contributed by atoms with van der Waals surface area (Å²) in [6.07, 6.45) is 2.76. The van der Waals surface area contributed by atoms with E-state index in [2.05, 4.69) is 5.32 Å². The average molecular weight is 290 g/mol. The fourth-order valence-corrected chi connectivity index (χ4v) is 2.69. The summed E-state index contributed by atoms with van der Waals surface area (Å²) in [5.41, 5.74) is 0. The van der Waals surface area contributed by atoms with Gasteiger partial charge < -0.3 is 14.8 Å². The minimum atomic E-state index is -3.11. The van der Waals surface area contributed by atoms with E-state index >= 15 is 0 Å². The Bertz CT molecular complexity index is 444. The van der Waals surface area contributed by atoms with E-state index in [0.717, 1.165) is 0 Å². The number of aliphatic hydroxyl groups is 1. The van der Waals surface area contributed by atoms with Crippen molar-refractivity contribution in [1.29, 1.82) is 0 Å². The molecule has 0 aliphatic heterocycles. The highest BCUT2D eigenvalue weighted by Gasteiger charge is 2.13. The Hall–Kier alpha value is -0.890. The molecule has 6 nitrogen and oxygen atoms in total. The third-order valence-corrected chi connectivity index (χ3v) is 4.17. The zero-order valence-corrected chi connectivity index (χ0v) is 12.2. The van der Waals surface area contributed by atoms with Crippen molar-refractivity contribution in [3.8, 4) is 0 Å². The lowest BCUT2D eigenvalue weighted by molar-refractivity contribution is 0.147. The molecule has 7 heteroatoms. The first kappa shape index (κ1) is 16.2. The Labute approximate surface area is 114 Å². The van der Waals surface area contributed by atoms with Gasteiger partial charge >= 0.3 is 0 Å². The van der Waals surface area contributed by atoms with Crippen LogP contribution in [0.25, 0.3) is 0 Å². The van der Waals surface area contributed by atoms with Crippen molar-refractivity contribution in [2.24, 2.45) is 0 Å². The van der Waals surface area contributed by atoms with Gasteiger partial charge in [-0.3, -0.25) is 0 Å². The molecule has 0 aromatic carbocycles. The van der Waals surface area contributed by atoms with Crippen LogP contribution in [0, 0.1) is 0 Å². The number of furan rings is 1. The minimum absolute atomic E-state index is 0.387. The highest BCUT2D eigenvalue weighted by Crippen LogP contribution is 2.11. The third-order valence-electron chi connectivity index (χ3n) is 2.79. The van der Waals surface area contributed by atoms with Gasteiger partial charge in [0.15, 0.2) is 0 Å². The van der Waals surface area contributed by atoms with Crippen LogP contribution in [0.15, 0.2) is 22.8 Å². The molecule has 1 aromatic heterocycles.